The molecule has 9 rings (SSSR count). The lowest BCUT2D eigenvalue weighted by atomic mass is 9.47. The zero-order chi connectivity index (χ0) is 45.6. The van der Waals surface area contributed by atoms with Gasteiger partial charge in [0, 0.05) is 18.9 Å². The number of allylic oxidation sites excluding steroid dienone is 1. The Hall–Kier alpha value is -0.940. The van der Waals surface area contributed by atoms with E-state index in [2.05, 4.69) is 33.8 Å². The van der Waals surface area contributed by atoms with E-state index in [4.69, 9.17) is 48.4 Å². The van der Waals surface area contributed by atoms with Crippen LogP contribution in [-0.2, 0) is 42.6 Å². The van der Waals surface area contributed by atoms with E-state index in [0.717, 1.165) is 45.1 Å². The summed E-state index contributed by atoms with van der Waals surface area (Å²) in [6.45, 7) is 13.3. The first-order valence-electron chi connectivity index (χ1n) is 24.4. The summed E-state index contributed by atoms with van der Waals surface area (Å²) in [7, 11) is 0. The molecule has 9 N–H and O–H groups in total. The maximum atomic E-state index is 12.1. The molecule has 8 fully saturated rings. The molecule has 5 heterocycles. The van der Waals surface area contributed by atoms with Crippen molar-refractivity contribution in [1.82, 2.24) is 0 Å². The fourth-order valence-electron chi connectivity index (χ4n) is 14.4. The maximum absolute atomic E-state index is 12.1. The summed E-state index contributed by atoms with van der Waals surface area (Å²) in [5.74, 6) is 2.64. The number of aliphatic hydroxyl groups is 7. The Morgan fingerprint density at radius 3 is 2.16 bits per heavy atom. The van der Waals surface area contributed by atoms with E-state index in [9.17, 15) is 35.7 Å². The SMILES string of the molecule is C[C@@H]1CC[C@@]2(OC1)O[C@H]1C[C@H]3[C@@H]4CC=C5C[C@@H](O[C@@H]6O[C@H](CO)[C@@H](O[C@H]7O[C@H](C)[C@@H](OCCN)[C@H](O)[C@@H]7O)[C@H](O)[C@H]6O[C@H]6O[C@H](C)[C@@H](O)[C@H](O)[C@@H]6O)CC[C@]5(C)[C@H]4CC[C@]3(C)[C@H]1[C@@H]2C. The monoisotopic (exact) mass is 912 g/mol. The van der Waals surface area contributed by atoms with Gasteiger partial charge in [-0.05, 0) is 106 Å². The average molecular weight is 912 g/mol. The van der Waals surface area contributed by atoms with Crippen LogP contribution in [-0.4, -0.2) is 172 Å². The number of aliphatic hydroxyl groups excluding tert-OH is 7. The summed E-state index contributed by atoms with van der Waals surface area (Å²) < 4.78 is 56.4. The molecule has 0 radical (unpaired) electrons. The summed E-state index contributed by atoms with van der Waals surface area (Å²) in [5.41, 5.74) is 7.12. The molecular weight excluding hydrogens is 835 g/mol. The number of fused-ring (bicyclic) bond motifs is 7. The van der Waals surface area contributed by atoms with Crippen molar-refractivity contribution in [1.29, 1.82) is 0 Å². The fraction of sp³-hybridized carbons (Fsp3) is 0.957. The Labute approximate surface area is 377 Å². The molecule has 9 aliphatic rings. The quantitative estimate of drug-likeness (QED) is 0.144. The zero-order valence-corrected chi connectivity index (χ0v) is 38.4. The highest BCUT2D eigenvalue weighted by molar-refractivity contribution is 5.26. The van der Waals surface area contributed by atoms with Crippen LogP contribution in [0.5, 0.6) is 0 Å². The van der Waals surface area contributed by atoms with E-state index >= 15 is 0 Å². The number of hydrogen-bond acceptors (Lipinski definition) is 17. The highest BCUT2D eigenvalue weighted by atomic mass is 16.8. The van der Waals surface area contributed by atoms with Crippen LogP contribution in [0, 0.1) is 46.3 Å². The van der Waals surface area contributed by atoms with Gasteiger partial charge in [0.15, 0.2) is 24.7 Å². The molecule has 1 spiro atoms. The average Bonchev–Trinajstić information content (AvgIpc) is 3.72. The molecule has 0 amide bonds. The molecular formula is C47H77NO16. The minimum atomic E-state index is -1.70. The highest BCUT2D eigenvalue weighted by Gasteiger charge is 2.69. The van der Waals surface area contributed by atoms with Crippen LogP contribution in [0.25, 0.3) is 0 Å². The molecule has 5 saturated heterocycles. The van der Waals surface area contributed by atoms with Crippen molar-refractivity contribution in [3.63, 3.8) is 0 Å². The van der Waals surface area contributed by atoms with E-state index in [1.807, 2.05) is 0 Å². The summed E-state index contributed by atoms with van der Waals surface area (Å²) in [5, 5.41) is 76.9. The molecule has 17 heteroatoms. The molecule has 64 heavy (non-hydrogen) atoms. The Morgan fingerprint density at radius 1 is 0.734 bits per heavy atom. The minimum absolute atomic E-state index is 0.0163. The molecule has 0 aromatic heterocycles. The van der Waals surface area contributed by atoms with Gasteiger partial charge in [-0.1, -0.05) is 39.3 Å². The van der Waals surface area contributed by atoms with Gasteiger partial charge in [0.2, 0.25) is 0 Å². The standard InChI is InChI=1S/C47H77NO16/c1-21-9-14-47(57-20-21)22(2)32-30(64-47)18-29-27-8-7-25-17-26(10-12-45(25,5)28(27)11-13-46(29,32)6)60-44-41(63-42-36(53)34(51)33(50)23(3)58-42)38(55)40(31(19-49)61-44)62-43-37(54)35(52)39(24(4)59-43)56-16-15-48/h7,21-24,26-44,49-55H,8-20,48H2,1-6H3/t21-,22+,23-,24-,26+,27-,28+,29+,30+,31-,32+,33-,34+,35-,36+,37+,38+,39-,40-,41-,42-,43-,44-,45+,46+,47-/m1/s1. The number of ether oxygens (including phenoxy) is 9. The molecule has 0 bridgehead atoms. The van der Waals surface area contributed by atoms with E-state index in [0.29, 0.717) is 48.3 Å². The van der Waals surface area contributed by atoms with Crippen molar-refractivity contribution < 1.29 is 78.4 Å². The Bertz CT molecular complexity index is 1650. The Morgan fingerprint density at radius 2 is 1.45 bits per heavy atom. The lowest BCUT2D eigenvalue weighted by Gasteiger charge is -2.58. The largest absolute Gasteiger partial charge is 0.394 e. The summed E-state index contributed by atoms with van der Waals surface area (Å²) in [6.07, 6.45) is -9.24. The van der Waals surface area contributed by atoms with Crippen molar-refractivity contribution >= 4 is 0 Å². The molecule has 0 unspecified atom stereocenters. The molecule has 3 saturated carbocycles. The van der Waals surface area contributed by atoms with Crippen molar-refractivity contribution in [3.05, 3.63) is 11.6 Å². The topological polar surface area (TPSA) is 251 Å². The smallest absolute Gasteiger partial charge is 0.187 e. The number of nitrogens with two attached hydrogens (primary N) is 1. The summed E-state index contributed by atoms with van der Waals surface area (Å²) in [4.78, 5) is 0. The van der Waals surface area contributed by atoms with Crippen molar-refractivity contribution in [3.8, 4) is 0 Å². The van der Waals surface area contributed by atoms with Crippen molar-refractivity contribution in [2.75, 3.05) is 26.4 Å². The van der Waals surface area contributed by atoms with Crippen LogP contribution in [0.2, 0.25) is 0 Å². The Balaban J connectivity index is 0.909. The lowest BCUT2D eigenvalue weighted by Crippen LogP contribution is -2.66. The van der Waals surface area contributed by atoms with Gasteiger partial charge in [-0.3, -0.25) is 0 Å². The molecule has 0 aromatic rings. The van der Waals surface area contributed by atoms with Gasteiger partial charge in [-0.15, -0.1) is 0 Å². The van der Waals surface area contributed by atoms with E-state index in [-0.39, 0.29) is 36.2 Å². The van der Waals surface area contributed by atoms with Crippen LogP contribution in [0.3, 0.4) is 0 Å². The van der Waals surface area contributed by atoms with Crippen molar-refractivity contribution in [2.24, 2.45) is 52.1 Å². The third kappa shape index (κ3) is 8.08. The zero-order valence-electron chi connectivity index (χ0n) is 38.4. The summed E-state index contributed by atoms with van der Waals surface area (Å²) in [6, 6.07) is 0. The van der Waals surface area contributed by atoms with Gasteiger partial charge < -0.3 is 84.1 Å². The Kier molecular flexibility index (Phi) is 13.8. The lowest BCUT2D eigenvalue weighted by molar-refractivity contribution is -0.389. The minimum Gasteiger partial charge on any atom is -0.394 e. The van der Waals surface area contributed by atoms with Gasteiger partial charge in [-0.25, -0.2) is 0 Å². The molecule has 366 valence electrons. The third-order valence-corrected chi connectivity index (χ3v) is 18.0. The van der Waals surface area contributed by atoms with Crippen LogP contribution in [0.1, 0.15) is 99.3 Å². The van der Waals surface area contributed by atoms with Crippen LogP contribution in [0.15, 0.2) is 11.6 Å². The predicted molar refractivity (Wildman–Crippen MR) is 226 cm³/mol. The second kappa shape index (κ2) is 18.4. The van der Waals surface area contributed by atoms with Crippen LogP contribution in [0.4, 0.5) is 0 Å². The van der Waals surface area contributed by atoms with Crippen LogP contribution < -0.4 is 5.73 Å². The van der Waals surface area contributed by atoms with Crippen LogP contribution >= 0.6 is 0 Å². The molecule has 0 aromatic carbocycles. The van der Waals surface area contributed by atoms with E-state index in [1.165, 1.54) is 18.9 Å². The molecule has 4 aliphatic carbocycles. The van der Waals surface area contributed by atoms with Gasteiger partial charge in [0.1, 0.15) is 61.0 Å². The van der Waals surface area contributed by atoms with Gasteiger partial charge >= 0.3 is 0 Å². The normalized spacial score (nSPS) is 56.2. The second-order valence-corrected chi connectivity index (χ2v) is 21.7. The first-order chi connectivity index (χ1) is 30.4. The molecule has 5 aliphatic heterocycles. The first kappa shape index (κ1) is 48.1. The predicted octanol–water partition coefficient (Wildman–Crippen LogP) is 1.22. The third-order valence-electron chi connectivity index (χ3n) is 18.0. The van der Waals surface area contributed by atoms with Crippen molar-refractivity contribution in [2.45, 2.75) is 209 Å². The first-order valence-corrected chi connectivity index (χ1v) is 24.4. The van der Waals surface area contributed by atoms with E-state index in [1.54, 1.807) is 6.92 Å². The fourth-order valence-corrected chi connectivity index (χ4v) is 14.4. The van der Waals surface area contributed by atoms with E-state index < -0.39 is 105 Å². The second-order valence-electron chi connectivity index (χ2n) is 21.7. The van der Waals surface area contributed by atoms with Gasteiger partial charge in [0.25, 0.3) is 0 Å². The van der Waals surface area contributed by atoms with Gasteiger partial charge in [-0.2, -0.15) is 0 Å². The molecule has 26 atom stereocenters. The summed E-state index contributed by atoms with van der Waals surface area (Å²) >= 11 is 0. The number of hydrogen-bond donors (Lipinski definition) is 8. The van der Waals surface area contributed by atoms with Gasteiger partial charge in [0.05, 0.1) is 44.2 Å². The molecule has 17 nitrogen and oxygen atoms in total. The highest BCUT2D eigenvalue weighted by Crippen LogP contribution is 2.70. The number of rotatable bonds is 10. The maximum Gasteiger partial charge on any atom is 0.187 e.